The largest absolute Gasteiger partial charge is 0.468 e. The highest BCUT2D eigenvalue weighted by Crippen LogP contribution is 2.59. The van der Waals surface area contributed by atoms with Crippen molar-refractivity contribution in [3.8, 4) is 0 Å². The van der Waals surface area contributed by atoms with Gasteiger partial charge in [0.15, 0.2) is 11.6 Å². The Balaban J connectivity index is 1.88. The molecule has 0 N–H and O–H groups in total. The van der Waals surface area contributed by atoms with E-state index in [-0.39, 0.29) is 11.2 Å². The predicted octanol–water partition coefficient (Wildman–Crippen LogP) is 0.662. The Morgan fingerprint density at radius 2 is 2.00 bits per heavy atom. The van der Waals surface area contributed by atoms with Crippen molar-refractivity contribution in [3.63, 3.8) is 0 Å². The van der Waals surface area contributed by atoms with Crippen molar-refractivity contribution < 1.29 is 23.8 Å². The van der Waals surface area contributed by atoms with Crippen molar-refractivity contribution in [2.75, 3.05) is 20.3 Å². The summed E-state index contributed by atoms with van der Waals surface area (Å²) in [7, 11) is 1.31. The Kier molecular flexibility index (Phi) is 2.32. The lowest BCUT2D eigenvalue weighted by molar-refractivity contribution is -0.206. The molecule has 0 aromatic rings. The summed E-state index contributed by atoms with van der Waals surface area (Å²) in [6, 6.07) is 0. The second-order valence-electron chi connectivity index (χ2n) is 5.21. The van der Waals surface area contributed by atoms with Crippen molar-refractivity contribution >= 4 is 11.8 Å². The van der Waals surface area contributed by atoms with Crippen LogP contribution in [-0.4, -0.2) is 37.9 Å². The third-order valence-corrected chi connectivity index (χ3v) is 4.11. The fourth-order valence-corrected chi connectivity index (χ4v) is 3.07. The normalized spacial score (nSPS) is 33.0. The molecule has 0 aromatic carbocycles. The number of esters is 1. The number of carbonyl (C=O) groups excluding carboxylic acids is 2. The van der Waals surface area contributed by atoms with E-state index >= 15 is 0 Å². The quantitative estimate of drug-likeness (QED) is 0.497. The highest BCUT2D eigenvalue weighted by Gasteiger charge is 2.63. The van der Waals surface area contributed by atoms with Gasteiger partial charge in [0.25, 0.3) is 0 Å². The molecule has 1 heterocycles. The molecule has 2 spiro atoms. The first-order valence-electron chi connectivity index (χ1n) is 6.01. The molecule has 5 heteroatoms. The number of carbonyl (C=O) groups is 2. The van der Waals surface area contributed by atoms with Crippen LogP contribution in [0.5, 0.6) is 0 Å². The molecule has 0 radical (unpaired) electrons. The summed E-state index contributed by atoms with van der Waals surface area (Å²) in [5, 5.41) is 0. The SMILES string of the molecule is COC(=O)C1CC2(CC3(CC3)C1=O)OCCO2. The van der Waals surface area contributed by atoms with E-state index in [9.17, 15) is 9.59 Å². The van der Waals surface area contributed by atoms with Gasteiger partial charge in [-0.1, -0.05) is 0 Å². The number of ether oxygens (including phenoxy) is 3. The maximum atomic E-state index is 12.2. The zero-order chi connectivity index (χ0) is 12.1. The summed E-state index contributed by atoms with van der Waals surface area (Å²) in [6.07, 6.45) is 2.59. The maximum Gasteiger partial charge on any atom is 0.316 e. The molecular weight excluding hydrogens is 224 g/mol. The molecule has 2 aliphatic carbocycles. The average molecular weight is 240 g/mol. The van der Waals surface area contributed by atoms with Crippen molar-refractivity contribution in [2.45, 2.75) is 31.5 Å². The minimum absolute atomic E-state index is 0.0223. The summed E-state index contributed by atoms with van der Waals surface area (Å²) in [4.78, 5) is 23.9. The van der Waals surface area contributed by atoms with Crippen LogP contribution < -0.4 is 0 Å². The van der Waals surface area contributed by atoms with E-state index in [1.54, 1.807) is 0 Å². The lowest BCUT2D eigenvalue weighted by Crippen LogP contribution is -2.49. The van der Waals surface area contributed by atoms with Crippen LogP contribution in [0.2, 0.25) is 0 Å². The first-order chi connectivity index (χ1) is 8.11. The molecule has 17 heavy (non-hydrogen) atoms. The molecule has 1 unspecified atom stereocenters. The summed E-state index contributed by atoms with van der Waals surface area (Å²) < 4.78 is 16.0. The van der Waals surface area contributed by atoms with Crippen LogP contribution >= 0.6 is 0 Å². The monoisotopic (exact) mass is 240 g/mol. The molecule has 3 fully saturated rings. The Labute approximate surface area is 99.4 Å². The van der Waals surface area contributed by atoms with Crippen molar-refractivity contribution in [2.24, 2.45) is 11.3 Å². The molecule has 2 saturated carbocycles. The number of rotatable bonds is 1. The van der Waals surface area contributed by atoms with Crippen LogP contribution in [0.25, 0.3) is 0 Å². The van der Waals surface area contributed by atoms with E-state index in [2.05, 4.69) is 0 Å². The molecule has 3 aliphatic rings. The lowest BCUT2D eigenvalue weighted by atomic mass is 9.74. The summed E-state index contributed by atoms with van der Waals surface area (Å²) in [5.74, 6) is -1.87. The zero-order valence-corrected chi connectivity index (χ0v) is 9.86. The van der Waals surface area contributed by atoms with Crippen LogP contribution in [-0.2, 0) is 23.8 Å². The van der Waals surface area contributed by atoms with E-state index in [0.717, 1.165) is 12.8 Å². The summed E-state index contributed by atoms with van der Waals surface area (Å²) in [6.45, 7) is 1.08. The Morgan fingerprint density at radius 3 is 2.53 bits per heavy atom. The van der Waals surface area contributed by atoms with Crippen molar-refractivity contribution in [1.29, 1.82) is 0 Å². The summed E-state index contributed by atoms with van der Waals surface area (Å²) in [5.41, 5.74) is -0.374. The number of ketones is 1. The van der Waals surface area contributed by atoms with Gasteiger partial charge >= 0.3 is 5.97 Å². The minimum Gasteiger partial charge on any atom is -0.468 e. The third kappa shape index (κ3) is 1.60. The molecule has 5 nitrogen and oxygen atoms in total. The van der Waals surface area contributed by atoms with Crippen molar-refractivity contribution in [3.05, 3.63) is 0 Å². The first kappa shape index (κ1) is 11.2. The molecule has 1 aliphatic heterocycles. The predicted molar refractivity (Wildman–Crippen MR) is 56.0 cm³/mol. The second kappa shape index (κ2) is 3.53. The van der Waals surface area contributed by atoms with E-state index < -0.39 is 17.7 Å². The van der Waals surface area contributed by atoms with E-state index in [1.807, 2.05) is 0 Å². The lowest BCUT2D eigenvalue weighted by Gasteiger charge is -2.38. The van der Waals surface area contributed by atoms with Gasteiger partial charge < -0.3 is 14.2 Å². The highest BCUT2D eigenvalue weighted by atomic mass is 16.7. The van der Waals surface area contributed by atoms with Gasteiger partial charge in [0, 0.05) is 18.3 Å². The number of hydrogen-bond donors (Lipinski definition) is 0. The molecule has 3 rings (SSSR count). The van der Waals surface area contributed by atoms with E-state index in [1.165, 1.54) is 7.11 Å². The van der Waals surface area contributed by atoms with Gasteiger partial charge in [-0.25, -0.2) is 0 Å². The molecule has 1 saturated heterocycles. The fourth-order valence-electron chi connectivity index (χ4n) is 3.07. The van der Waals surface area contributed by atoms with Crippen LogP contribution in [0.4, 0.5) is 0 Å². The molecule has 0 bridgehead atoms. The Hall–Kier alpha value is -0.940. The van der Waals surface area contributed by atoms with Gasteiger partial charge in [-0.15, -0.1) is 0 Å². The molecule has 0 amide bonds. The Bertz CT molecular complexity index is 365. The summed E-state index contributed by atoms with van der Waals surface area (Å²) >= 11 is 0. The zero-order valence-electron chi connectivity index (χ0n) is 9.86. The average Bonchev–Trinajstić information content (AvgIpc) is 2.95. The van der Waals surface area contributed by atoms with Crippen molar-refractivity contribution in [1.82, 2.24) is 0 Å². The molecule has 94 valence electrons. The Morgan fingerprint density at radius 1 is 1.35 bits per heavy atom. The molecular formula is C12H16O5. The molecule has 0 aromatic heterocycles. The van der Waals surface area contributed by atoms with E-state index in [4.69, 9.17) is 14.2 Å². The van der Waals surface area contributed by atoms with Crippen LogP contribution in [0, 0.1) is 11.3 Å². The van der Waals surface area contributed by atoms with Gasteiger partial charge in [-0.3, -0.25) is 9.59 Å². The first-order valence-corrected chi connectivity index (χ1v) is 6.01. The highest BCUT2D eigenvalue weighted by molar-refractivity contribution is 6.04. The third-order valence-electron chi connectivity index (χ3n) is 4.11. The topological polar surface area (TPSA) is 61.8 Å². The number of Topliss-reactive ketones (excluding diaryl/α,β-unsaturated/α-hetero) is 1. The maximum absolute atomic E-state index is 12.2. The smallest absolute Gasteiger partial charge is 0.316 e. The van der Waals surface area contributed by atoms with E-state index in [0.29, 0.717) is 26.1 Å². The molecule has 1 atom stereocenters. The number of methoxy groups -OCH3 is 1. The van der Waals surface area contributed by atoms with Crippen LogP contribution in [0.15, 0.2) is 0 Å². The standard InChI is InChI=1S/C12H16O5/c1-15-10(14)8-6-12(16-4-5-17-12)7-11(2-3-11)9(8)13/h8H,2-7H2,1H3. The minimum atomic E-state index is -0.719. The van der Waals surface area contributed by atoms with Gasteiger partial charge in [-0.2, -0.15) is 0 Å². The van der Waals surface area contributed by atoms with Crippen LogP contribution in [0.1, 0.15) is 25.7 Å². The van der Waals surface area contributed by atoms with Gasteiger partial charge in [0.1, 0.15) is 5.92 Å². The second-order valence-corrected chi connectivity index (χ2v) is 5.21. The van der Waals surface area contributed by atoms with Gasteiger partial charge in [0.05, 0.1) is 20.3 Å². The van der Waals surface area contributed by atoms with Crippen LogP contribution in [0.3, 0.4) is 0 Å². The number of hydrogen-bond acceptors (Lipinski definition) is 5. The fraction of sp³-hybridized carbons (Fsp3) is 0.833. The van der Waals surface area contributed by atoms with Gasteiger partial charge in [-0.05, 0) is 12.8 Å². The van der Waals surface area contributed by atoms with Gasteiger partial charge in [0.2, 0.25) is 0 Å².